The number of ether oxygens (including phenoxy) is 1. The molecule has 1 aromatic rings. The quantitative estimate of drug-likeness (QED) is 0.892. The maximum absolute atomic E-state index is 13.4. The van der Waals surface area contributed by atoms with Crippen LogP contribution in [0.1, 0.15) is 25.8 Å². The van der Waals surface area contributed by atoms with Crippen LogP contribution in [-0.4, -0.2) is 25.3 Å². The predicted molar refractivity (Wildman–Crippen MR) is 78.8 cm³/mol. The van der Waals surface area contributed by atoms with Crippen LogP contribution in [0.3, 0.4) is 0 Å². The number of hydrogen-bond donors (Lipinski definition) is 1. The van der Waals surface area contributed by atoms with Gasteiger partial charge in [0.2, 0.25) is 0 Å². The third-order valence-electron chi connectivity index (χ3n) is 3.64. The highest BCUT2D eigenvalue weighted by Gasteiger charge is 2.29. The molecule has 1 aliphatic rings. The molecule has 1 saturated heterocycles. The molecule has 0 saturated carbocycles. The van der Waals surface area contributed by atoms with Gasteiger partial charge in [0.25, 0.3) is 0 Å². The van der Waals surface area contributed by atoms with Crippen LogP contribution in [-0.2, 0) is 11.2 Å². The van der Waals surface area contributed by atoms with Crippen molar-refractivity contribution >= 4 is 15.9 Å². The second kappa shape index (κ2) is 6.82. The van der Waals surface area contributed by atoms with Crippen molar-refractivity contribution in [2.75, 3.05) is 13.2 Å². The third kappa shape index (κ3) is 4.26. The van der Waals surface area contributed by atoms with Crippen molar-refractivity contribution in [3.63, 3.8) is 0 Å². The zero-order chi connectivity index (χ0) is 13.8. The Kier molecular flexibility index (Phi) is 5.37. The molecular weight excluding hydrogens is 309 g/mol. The number of nitrogens with one attached hydrogen (secondary N) is 1. The lowest BCUT2D eigenvalue weighted by molar-refractivity contribution is 0.117. The highest BCUT2D eigenvalue weighted by atomic mass is 79.9. The fourth-order valence-electron chi connectivity index (χ4n) is 2.78. The van der Waals surface area contributed by atoms with Crippen LogP contribution in [0.25, 0.3) is 0 Å². The molecule has 0 spiro atoms. The molecule has 1 heterocycles. The summed E-state index contributed by atoms with van der Waals surface area (Å²) in [5, 5.41) is 3.51. The van der Waals surface area contributed by atoms with Gasteiger partial charge in [0.1, 0.15) is 5.82 Å². The highest BCUT2D eigenvalue weighted by molar-refractivity contribution is 9.10. The molecule has 1 N–H and O–H groups in total. The van der Waals surface area contributed by atoms with Crippen LogP contribution in [0.4, 0.5) is 4.39 Å². The summed E-state index contributed by atoms with van der Waals surface area (Å²) < 4.78 is 19.9. The first kappa shape index (κ1) is 14.9. The fraction of sp³-hybridized carbons (Fsp3) is 0.600. The molecule has 0 radical (unpaired) electrons. The van der Waals surface area contributed by atoms with Gasteiger partial charge in [-0.15, -0.1) is 0 Å². The van der Waals surface area contributed by atoms with Crippen LogP contribution in [0.5, 0.6) is 0 Å². The molecule has 0 amide bonds. The number of halogens is 2. The molecule has 1 aromatic carbocycles. The van der Waals surface area contributed by atoms with Crippen molar-refractivity contribution in [2.24, 2.45) is 5.92 Å². The molecule has 3 unspecified atom stereocenters. The fourth-order valence-corrected chi connectivity index (χ4v) is 3.29. The van der Waals surface area contributed by atoms with Crippen molar-refractivity contribution in [3.8, 4) is 0 Å². The molecule has 1 fully saturated rings. The van der Waals surface area contributed by atoms with Gasteiger partial charge in [0.15, 0.2) is 0 Å². The summed E-state index contributed by atoms with van der Waals surface area (Å²) in [5.41, 5.74) is 1.03. The van der Waals surface area contributed by atoms with E-state index in [2.05, 4.69) is 35.1 Å². The molecule has 3 atom stereocenters. The molecule has 0 aliphatic carbocycles. The molecule has 2 nitrogen and oxygen atoms in total. The van der Waals surface area contributed by atoms with Gasteiger partial charge in [-0.3, -0.25) is 0 Å². The van der Waals surface area contributed by atoms with Gasteiger partial charge < -0.3 is 10.1 Å². The molecule has 1 aliphatic heterocycles. The van der Waals surface area contributed by atoms with Gasteiger partial charge in [-0.05, 0) is 50.1 Å². The SMILES string of the molecule is CCNC(Cc1cc(F)cc(Br)c1)C1COC(C)C1. The maximum Gasteiger partial charge on any atom is 0.124 e. The van der Waals surface area contributed by atoms with E-state index in [-0.39, 0.29) is 5.82 Å². The molecular formula is C15H21BrFNO. The van der Waals surface area contributed by atoms with E-state index in [1.807, 2.05) is 6.07 Å². The monoisotopic (exact) mass is 329 g/mol. The summed E-state index contributed by atoms with van der Waals surface area (Å²) in [6, 6.07) is 5.46. The van der Waals surface area contributed by atoms with Gasteiger partial charge in [-0.2, -0.15) is 0 Å². The first-order valence-electron chi connectivity index (χ1n) is 6.88. The van der Waals surface area contributed by atoms with Gasteiger partial charge in [0.05, 0.1) is 12.7 Å². The lowest BCUT2D eigenvalue weighted by Crippen LogP contribution is -2.38. The lowest BCUT2D eigenvalue weighted by Gasteiger charge is -2.23. The van der Waals surface area contributed by atoms with Crippen molar-refractivity contribution in [1.29, 1.82) is 0 Å². The minimum Gasteiger partial charge on any atom is -0.378 e. The van der Waals surface area contributed by atoms with E-state index in [0.717, 1.165) is 36.0 Å². The molecule has 2 rings (SSSR count). The average Bonchev–Trinajstić information content (AvgIpc) is 2.74. The molecule has 0 aromatic heterocycles. The van der Waals surface area contributed by atoms with Gasteiger partial charge >= 0.3 is 0 Å². The number of rotatable bonds is 5. The Morgan fingerprint density at radius 1 is 1.47 bits per heavy atom. The highest BCUT2D eigenvalue weighted by Crippen LogP contribution is 2.25. The summed E-state index contributed by atoms with van der Waals surface area (Å²) in [5.74, 6) is 0.327. The van der Waals surface area contributed by atoms with Crippen LogP contribution in [0, 0.1) is 11.7 Å². The Labute approximate surface area is 122 Å². The Hall–Kier alpha value is -0.450. The Bertz CT molecular complexity index is 406. The standard InChI is InChI=1S/C15H21BrFNO/c1-3-18-15(12-4-10(2)19-9-12)7-11-5-13(16)8-14(17)6-11/h5-6,8,10,12,15,18H,3-4,7,9H2,1-2H3. The zero-order valence-electron chi connectivity index (χ0n) is 11.5. The van der Waals surface area contributed by atoms with Crippen LogP contribution in [0.2, 0.25) is 0 Å². The van der Waals surface area contributed by atoms with Crippen LogP contribution in [0.15, 0.2) is 22.7 Å². The lowest BCUT2D eigenvalue weighted by atomic mass is 9.91. The van der Waals surface area contributed by atoms with Gasteiger partial charge in [-0.25, -0.2) is 4.39 Å². The summed E-state index contributed by atoms with van der Waals surface area (Å²) >= 11 is 3.35. The van der Waals surface area contributed by atoms with E-state index in [1.165, 1.54) is 6.07 Å². The van der Waals surface area contributed by atoms with Gasteiger partial charge in [0, 0.05) is 16.4 Å². The van der Waals surface area contributed by atoms with Crippen LogP contribution < -0.4 is 5.32 Å². The van der Waals surface area contributed by atoms with Crippen molar-refractivity contribution in [3.05, 3.63) is 34.1 Å². The minimum absolute atomic E-state index is 0.185. The topological polar surface area (TPSA) is 21.3 Å². The normalized spacial score (nSPS) is 24.6. The first-order chi connectivity index (χ1) is 9.08. The summed E-state index contributed by atoms with van der Waals surface area (Å²) in [6.45, 7) is 5.94. The van der Waals surface area contributed by atoms with Crippen LogP contribution >= 0.6 is 15.9 Å². The maximum atomic E-state index is 13.4. The van der Waals surface area contributed by atoms with E-state index >= 15 is 0 Å². The predicted octanol–water partition coefficient (Wildman–Crippen LogP) is 3.53. The number of likely N-dealkylation sites (N-methyl/N-ethyl adjacent to an activating group) is 1. The zero-order valence-corrected chi connectivity index (χ0v) is 13.0. The summed E-state index contributed by atoms with van der Waals surface area (Å²) in [6.07, 6.45) is 2.25. The Morgan fingerprint density at radius 3 is 2.84 bits per heavy atom. The second-order valence-corrected chi connectivity index (χ2v) is 6.20. The average molecular weight is 330 g/mol. The largest absolute Gasteiger partial charge is 0.378 e. The van der Waals surface area contributed by atoms with E-state index in [9.17, 15) is 4.39 Å². The first-order valence-corrected chi connectivity index (χ1v) is 7.67. The summed E-state index contributed by atoms with van der Waals surface area (Å²) in [4.78, 5) is 0. The Morgan fingerprint density at radius 2 is 2.26 bits per heavy atom. The van der Waals surface area contributed by atoms with E-state index < -0.39 is 0 Å². The minimum atomic E-state index is -0.185. The van der Waals surface area contributed by atoms with Crippen molar-refractivity contribution in [2.45, 2.75) is 38.8 Å². The van der Waals surface area contributed by atoms with Crippen molar-refractivity contribution in [1.82, 2.24) is 5.32 Å². The molecule has 4 heteroatoms. The smallest absolute Gasteiger partial charge is 0.124 e. The van der Waals surface area contributed by atoms with E-state index in [0.29, 0.717) is 18.1 Å². The van der Waals surface area contributed by atoms with E-state index in [1.54, 1.807) is 6.07 Å². The van der Waals surface area contributed by atoms with E-state index in [4.69, 9.17) is 4.74 Å². The molecule has 106 valence electrons. The van der Waals surface area contributed by atoms with Crippen molar-refractivity contribution < 1.29 is 9.13 Å². The molecule has 0 bridgehead atoms. The van der Waals surface area contributed by atoms with Gasteiger partial charge in [-0.1, -0.05) is 22.9 Å². The number of benzene rings is 1. The number of hydrogen-bond acceptors (Lipinski definition) is 2. The second-order valence-electron chi connectivity index (χ2n) is 5.29. The Balaban J connectivity index is 2.07. The molecule has 19 heavy (non-hydrogen) atoms. The summed E-state index contributed by atoms with van der Waals surface area (Å²) in [7, 11) is 0. The third-order valence-corrected chi connectivity index (χ3v) is 4.10.